The zero-order chi connectivity index (χ0) is 9.26. The molecule has 1 N–H and O–H groups in total. The van der Waals surface area contributed by atoms with Gasteiger partial charge >= 0.3 is 0 Å². The van der Waals surface area contributed by atoms with Crippen LogP contribution in [0, 0.1) is 11.3 Å². The molecule has 1 atom stereocenters. The lowest BCUT2D eigenvalue weighted by Crippen LogP contribution is -2.23. The third-order valence-electron chi connectivity index (χ3n) is 1.83. The summed E-state index contributed by atoms with van der Waals surface area (Å²) in [6.45, 7) is 0. The highest BCUT2D eigenvalue weighted by Gasteiger charge is 2.17. The second kappa shape index (κ2) is 3.49. The van der Waals surface area contributed by atoms with Crippen molar-refractivity contribution in [2.75, 3.05) is 11.1 Å². The fourth-order valence-electron chi connectivity index (χ4n) is 1.21. The number of nitriles is 1. The number of anilines is 1. The number of nitrogens with zero attached hydrogens (tertiary/aromatic N) is 1. The number of benzene rings is 1. The van der Waals surface area contributed by atoms with Crippen molar-refractivity contribution >= 4 is 29.1 Å². The number of thioether (sulfide) groups is 1. The van der Waals surface area contributed by atoms with E-state index >= 15 is 0 Å². The molecular formula is C9H7ClN2S. The predicted molar refractivity (Wildman–Crippen MR) is 55.2 cm³/mol. The molecule has 0 fully saturated rings. The van der Waals surface area contributed by atoms with Gasteiger partial charge in [0.25, 0.3) is 0 Å². The van der Waals surface area contributed by atoms with Crippen LogP contribution in [-0.2, 0) is 0 Å². The summed E-state index contributed by atoms with van der Waals surface area (Å²) in [7, 11) is 0. The molecule has 66 valence electrons. The van der Waals surface area contributed by atoms with Crippen LogP contribution in [0.4, 0.5) is 5.69 Å². The van der Waals surface area contributed by atoms with Gasteiger partial charge in [0.2, 0.25) is 0 Å². The van der Waals surface area contributed by atoms with E-state index in [0.29, 0.717) is 0 Å². The van der Waals surface area contributed by atoms with Crippen LogP contribution >= 0.6 is 23.4 Å². The van der Waals surface area contributed by atoms with Gasteiger partial charge in [-0.05, 0) is 18.2 Å². The monoisotopic (exact) mass is 210 g/mol. The van der Waals surface area contributed by atoms with Gasteiger partial charge in [0.15, 0.2) is 0 Å². The molecular weight excluding hydrogens is 204 g/mol. The summed E-state index contributed by atoms with van der Waals surface area (Å²) >= 11 is 7.51. The molecule has 1 aromatic carbocycles. The van der Waals surface area contributed by atoms with Crippen molar-refractivity contribution in [2.24, 2.45) is 0 Å². The first-order valence-electron chi connectivity index (χ1n) is 3.88. The first-order chi connectivity index (χ1) is 6.29. The standard InChI is InChI=1S/C9H7ClN2S/c10-6-1-2-8-9(3-6)13-5-7(4-11)12-8/h1-3,7,12H,5H2. The molecule has 0 spiro atoms. The SMILES string of the molecule is N#CC1CSc2cc(Cl)ccc2N1. The van der Waals surface area contributed by atoms with Gasteiger partial charge < -0.3 is 5.32 Å². The second-order valence-corrected chi connectivity index (χ2v) is 4.28. The fraction of sp³-hybridized carbons (Fsp3) is 0.222. The second-order valence-electron chi connectivity index (χ2n) is 2.78. The summed E-state index contributed by atoms with van der Waals surface area (Å²) in [5.41, 5.74) is 1.01. The van der Waals surface area contributed by atoms with Gasteiger partial charge in [-0.2, -0.15) is 5.26 Å². The number of hydrogen-bond acceptors (Lipinski definition) is 3. The van der Waals surface area contributed by atoms with Crippen molar-refractivity contribution in [1.82, 2.24) is 0 Å². The van der Waals surface area contributed by atoms with E-state index < -0.39 is 0 Å². The summed E-state index contributed by atoms with van der Waals surface area (Å²) in [6, 6.07) is 7.77. The first-order valence-corrected chi connectivity index (χ1v) is 5.24. The van der Waals surface area contributed by atoms with Gasteiger partial charge in [0.1, 0.15) is 6.04 Å². The Morgan fingerprint density at radius 3 is 3.23 bits per heavy atom. The molecule has 0 saturated heterocycles. The van der Waals surface area contributed by atoms with Crippen molar-refractivity contribution in [3.8, 4) is 6.07 Å². The Morgan fingerprint density at radius 2 is 2.46 bits per heavy atom. The molecule has 0 radical (unpaired) electrons. The lowest BCUT2D eigenvalue weighted by atomic mass is 10.2. The number of rotatable bonds is 0. The van der Waals surface area contributed by atoms with Gasteiger partial charge in [-0.1, -0.05) is 11.6 Å². The van der Waals surface area contributed by atoms with Crippen molar-refractivity contribution in [3.63, 3.8) is 0 Å². The van der Waals surface area contributed by atoms with Crippen LogP contribution in [0.5, 0.6) is 0 Å². The molecule has 0 aromatic heterocycles. The Balaban J connectivity index is 2.32. The van der Waals surface area contributed by atoms with Crippen LogP contribution in [-0.4, -0.2) is 11.8 Å². The molecule has 0 saturated carbocycles. The summed E-state index contributed by atoms with van der Waals surface area (Å²) in [5.74, 6) is 0.782. The van der Waals surface area contributed by atoms with Crippen LogP contribution in [0.2, 0.25) is 5.02 Å². The Bertz CT molecular complexity index is 372. The molecule has 0 bridgehead atoms. The number of hydrogen-bond donors (Lipinski definition) is 1. The molecule has 4 heteroatoms. The summed E-state index contributed by atoms with van der Waals surface area (Å²) in [4.78, 5) is 1.12. The van der Waals surface area contributed by atoms with Crippen molar-refractivity contribution in [1.29, 1.82) is 5.26 Å². The minimum atomic E-state index is -0.0846. The van der Waals surface area contributed by atoms with Crippen LogP contribution in [0.1, 0.15) is 0 Å². The van der Waals surface area contributed by atoms with Gasteiger partial charge in [-0.15, -0.1) is 11.8 Å². The van der Waals surface area contributed by atoms with E-state index in [9.17, 15) is 0 Å². The van der Waals surface area contributed by atoms with Gasteiger partial charge in [-0.25, -0.2) is 0 Å². The minimum Gasteiger partial charge on any atom is -0.368 e. The van der Waals surface area contributed by atoms with Crippen LogP contribution in [0.25, 0.3) is 0 Å². The van der Waals surface area contributed by atoms with Crippen LogP contribution in [0.3, 0.4) is 0 Å². The molecule has 1 unspecified atom stereocenters. The fourth-order valence-corrected chi connectivity index (χ4v) is 2.44. The van der Waals surface area contributed by atoms with Crippen molar-refractivity contribution in [3.05, 3.63) is 23.2 Å². The Labute approximate surface area is 85.9 Å². The van der Waals surface area contributed by atoms with E-state index in [1.54, 1.807) is 11.8 Å². The molecule has 0 amide bonds. The maximum absolute atomic E-state index is 8.72. The van der Waals surface area contributed by atoms with E-state index in [4.69, 9.17) is 16.9 Å². The molecule has 1 aliphatic heterocycles. The molecule has 0 aliphatic carbocycles. The summed E-state index contributed by atoms with van der Waals surface area (Å²) < 4.78 is 0. The maximum Gasteiger partial charge on any atom is 0.124 e. The quantitative estimate of drug-likeness (QED) is 0.715. The Morgan fingerprint density at radius 1 is 1.62 bits per heavy atom. The van der Waals surface area contributed by atoms with E-state index in [0.717, 1.165) is 21.4 Å². The summed E-state index contributed by atoms with van der Waals surface area (Å²) in [6.07, 6.45) is 0. The van der Waals surface area contributed by atoms with Gasteiger partial charge in [0.05, 0.1) is 6.07 Å². The number of fused-ring (bicyclic) bond motifs is 1. The normalized spacial score (nSPS) is 19.8. The highest BCUT2D eigenvalue weighted by Crippen LogP contribution is 2.34. The lowest BCUT2D eigenvalue weighted by molar-refractivity contribution is 0.998. The maximum atomic E-state index is 8.72. The van der Waals surface area contributed by atoms with Gasteiger partial charge in [0, 0.05) is 21.4 Å². The molecule has 1 aromatic rings. The highest BCUT2D eigenvalue weighted by atomic mass is 35.5. The third kappa shape index (κ3) is 1.74. The zero-order valence-corrected chi connectivity index (χ0v) is 8.32. The van der Waals surface area contributed by atoms with E-state index in [1.807, 2.05) is 18.2 Å². The van der Waals surface area contributed by atoms with E-state index in [2.05, 4.69) is 11.4 Å². The third-order valence-corrected chi connectivity index (χ3v) is 3.22. The largest absolute Gasteiger partial charge is 0.368 e. The minimum absolute atomic E-state index is 0.0846. The molecule has 1 heterocycles. The predicted octanol–water partition coefficient (Wildman–Crippen LogP) is 2.75. The van der Waals surface area contributed by atoms with Crippen molar-refractivity contribution < 1.29 is 0 Å². The molecule has 13 heavy (non-hydrogen) atoms. The highest BCUT2D eigenvalue weighted by molar-refractivity contribution is 7.99. The van der Waals surface area contributed by atoms with Crippen LogP contribution in [0.15, 0.2) is 23.1 Å². The molecule has 2 rings (SSSR count). The topological polar surface area (TPSA) is 35.8 Å². The van der Waals surface area contributed by atoms with E-state index in [1.165, 1.54) is 0 Å². The zero-order valence-electron chi connectivity index (χ0n) is 6.75. The van der Waals surface area contributed by atoms with E-state index in [-0.39, 0.29) is 6.04 Å². The lowest BCUT2D eigenvalue weighted by Gasteiger charge is -2.21. The van der Waals surface area contributed by atoms with Gasteiger partial charge in [-0.3, -0.25) is 0 Å². The Kier molecular flexibility index (Phi) is 2.34. The smallest absolute Gasteiger partial charge is 0.124 e. The molecule has 1 aliphatic rings. The number of nitrogens with one attached hydrogen (secondary N) is 1. The van der Waals surface area contributed by atoms with Crippen molar-refractivity contribution in [2.45, 2.75) is 10.9 Å². The first kappa shape index (κ1) is 8.74. The molecule has 2 nitrogen and oxygen atoms in total. The average Bonchev–Trinajstić information content (AvgIpc) is 2.17. The average molecular weight is 211 g/mol. The Hall–Kier alpha value is -0.850. The number of halogens is 1. The summed E-state index contributed by atoms with van der Waals surface area (Å²) in [5, 5.41) is 12.6. The van der Waals surface area contributed by atoms with Crippen LogP contribution < -0.4 is 5.32 Å².